The van der Waals surface area contributed by atoms with E-state index in [4.69, 9.17) is 9.26 Å². The van der Waals surface area contributed by atoms with Crippen LogP contribution in [0.4, 0.5) is 0 Å². The zero-order chi connectivity index (χ0) is 20.9. The quantitative estimate of drug-likeness (QED) is 0.467. The fraction of sp³-hybridized carbons (Fsp3) is 0.300. The van der Waals surface area contributed by atoms with Crippen LogP contribution in [0.3, 0.4) is 0 Å². The van der Waals surface area contributed by atoms with E-state index in [-0.39, 0.29) is 24.1 Å². The van der Waals surface area contributed by atoms with Gasteiger partial charge in [-0.1, -0.05) is 17.3 Å². The van der Waals surface area contributed by atoms with E-state index in [1.165, 1.54) is 15.5 Å². The first-order valence-corrected chi connectivity index (χ1v) is 9.93. The molecule has 5 aromatic rings. The van der Waals surface area contributed by atoms with E-state index in [0.29, 0.717) is 23.8 Å². The lowest BCUT2D eigenvalue weighted by atomic mass is 9.99. The van der Waals surface area contributed by atoms with Crippen LogP contribution in [0.5, 0.6) is 0 Å². The Morgan fingerprint density at radius 1 is 1.26 bits per heavy atom. The number of aryl methyl sites for hydroxylation is 1. The van der Waals surface area contributed by atoms with Crippen molar-refractivity contribution in [2.75, 3.05) is 6.61 Å². The molecule has 1 saturated heterocycles. The number of H-pyrrole nitrogens is 1. The molecule has 5 heterocycles. The second kappa shape index (κ2) is 6.84. The van der Waals surface area contributed by atoms with Crippen LogP contribution in [0.15, 0.2) is 46.2 Å². The molecular formula is C20H18N8O3. The SMILES string of the molecule is Cc1cnn2ncn(Cc3nc([C@@H]4CO[C@@H](c5ccc6cn[nH]c6c5)C4)no3)c(=O)c12. The molecule has 0 radical (unpaired) electrons. The average molecular weight is 418 g/mol. The van der Waals surface area contributed by atoms with Crippen LogP contribution < -0.4 is 5.56 Å². The van der Waals surface area contributed by atoms with Crippen molar-refractivity contribution in [2.45, 2.75) is 31.9 Å². The van der Waals surface area contributed by atoms with Crippen molar-refractivity contribution in [3.05, 3.63) is 70.1 Å². The first-order chi connectivity index (χ1) is 15.2. The molecule has 11 heteroatoms. The zero-order valence-electron chi connectivity index (χ0n) is 16.6. The van der Waals surface area contributed by atoms with Crippen LogP contribution in [0.25, 0.3) is 16.4 Å². The number of nitrogens with zero attached hydrogens (tertiary/aromatic N) is 7. The Morgan fingerprint density at radius 2 is 2.19 bits per heavy atom. The van der Waals surface area contributed by atoms with Crippen LogP contribution >= 0.6 is 0 Å². The third-order valence-electron chi connectivity index (χ3n) is 5.69. The molecule has 1 aromatic carbocycles. The molecule has 0 unspecified atom stereocenters. The standard InChI is InChI=1S/C20H18N8O3/c1-11-6-22-28-18(11)20(29)27(10-23-28)8-17-24-19(26-31-17)14-5-16(30-9-14)12-2-3-13-7-21-25-15(13)4-12/h2-4,6-7,10,14,16H,5,8-9H2,1H3,(H,21,25)/t14-,16+/m0/s1. The molecule has 11 nitrogen and oxygen atoms in total. The highest BCUT2D eigenvalue weighted by atomic mass is 16.5. The van der Waals surface area contributed by atoms with Crippen LogP contribution in [0, 0.1) is 6.92 Å². The maximum atomic E-state index is 12.7. The number of nitrogens with one attached hydrogen (secondary N) is 1. The number of hydrogen-bond acceptors (Lipinski definition) is 8. The molecular weight excluding hydrogens is 400 g/mol. The molecule has 31 heavy (non-hydrogen) atoms. The normalized spacial score (nSPS) is 19.0. The van der Waals surface area contributed by atoms with Gasteiger partial charge in [-0.3, -0.25) is 14.5 Å². The predicted molar refractivity (Wildman–Crippen MR) is 108 cm³/mol. The van der Waals surface area contributed by atoms with E-state index in [2.05, 4.69) is 42.7 Å². The zero-order valence-corrected chi connectivity index (χ0v) is 16.6. The Kier molecular flexibility index (Phi) is 3.96. The number of hydrogen-bond donors (Lipinski definition) is 1. The summed E-state index contributed by atoms with van der Waals surface area (Å²) in [6.07, 6.45) is 5.54. The van der Waals surface area contributed by atoms with E-state index < -0.39 is 0 Å². The third kappa shape index (κ3) is 3.01. The fourth-order valence-electron chi connectivity index (χ4n) is 4.01. The summed E-state index contributed by atoms with van der Waals surface area (Å²) in [6.45, 7) is 2.47. The average Bonchev–Trinajstić information content (AvgIpc) is 3.56. The Balaban J connectivity index is 1.20. The highest BCUT2D eigenvalue weighted by molar-refractivity contribution is 5.78. The third-order valence-corrected chi connectivity index (χ3v) is 5.69. The van der Waals surface area contributed by atoms with E-state index in [1.54, 1.807) is 12.4 Å². The molecule has 0 spiro atoms. The molecule has 1 fully saturated rings. The molecule has 0 saturated carbocycles. The van der Waals surface area contributed by atoms with Crippen LogP contribution in [0.2, 0.25) is 0 Å². The maximum absolute atomic E-state index is 12.7. The first kappa shape index (κ1) is 18.0. The summed E-state index contributed by atoms with van der Waals surface area (Å²) in [5.41, 5.74) is 3.06. The molecule has 4 aromatic heterocycles. The second-order valence-corrected chi connectivity index (χ2v) is 7.75. The van der Waals surface area contributed by atoms with Gasteiger partial charge in [-0.25, -0.2) is 0 Å². The molecule has 2 atom stereocenters. The van der Waals surface area contributed by atoms with Crippen LogP contribution in [0.1, 0.15) is 41.3 Å². The Morgan fingerprint density at radius 3 is 3.13 bits per heavy atom. The summed E-state index contributed by atoms with van der Waals surface area (Å²) in [5.74, 6) is 0.958. The minimum atomic E-state index is -0.205. The van der Waals surface area contributed by atoms with Gasteiger partial charge < -0.3 is 9.26 Å². The van der Waals surface area contributed by atoms with Gasteiger partial charge in [0.05, 0.1) is 30.6 Å². The minimum Gasteiger partial charge on any atom is -0.373 e. The Bertz CT molecular complexity index is 1460. The lowest BCUT2D eigenvalue weighted by Gasteiger charge is -2.09. The molecule has 0 amide bonds. The van der Waals surface area contributed by atoms with Crippen molar-refractivity contribution >= 4 is 16.4 Å². The van der Waals surface area contributed by atoms with Gasteiger partial charge in [-0.05, 0) is 25.0 Å². The second-order valence-electron chi connectivity index (χ2n) is 7.75. The van der Waals surface area contributed by atoms with Crippen molar-refractivity contribution in [2.24, 2.45) is 0 Å². The highest BCUT2D eigenvalue weighted by Gasteiger charge is 2.31. The number of fused-ring (bicyclic) bond motifs is 2. The molecule has 1 aliphatic heterocycles. The topological polar surface area (TPSA) is 129 Å². The fourth-order valence-corrected chi connectivity index (χ4v) is 4.01. The summed E-state index contributed by atoms with van der Waals surface area (Å²) in [7, 11) is 0. The van der Waals surface area contributed by atoms with Crippen molar-refractivity contribution in [1.29, 1.82) is 0 Å². The molecule has 156 valence electrons. The summed E-state index contributed by atoms with van der Waals surface area (Å²) in [6, 6.07) is 6.15. The van der Waals surface area contributed by atoms with Crippen LogP contribution in [-0.2, 0) is 11.3 Å². The largest absolute Gasteiger partial charge is 0.373 e. The van der Waals surface area contributed by atoms with E-state index in [1.807, 2.05) is 13.0 Å². The number of aromatic nitrogens is 8. The maximum Gasteiger partial charge on any atom is 0.280 e. The minimum absolute atomic E-state index is 0.0226. The number of benzene rings is 1. The summed E-state index contributed by atoms with van der Waals surface area (Å²) in [5, 5.41) is 20.4. The van der Waals surface area contributed by atoms with Gasteiger partial charge in [-0.15, -0.1) is 9.73 Å². The van der Waals surface area contributed by atoms with Crippen molar-refractivity contribution < 1.29 is 9.26 Å². The van der Waals surface area contributed by atoms with Gasteiger partial charge >= 0.3 is 0 Å². The summed E-state index contributed by atoms with van der Waals surface area (Å²) in [4.78, 5) is 17.2. The highest BCUT2D eigenvalue weighted by Crippen LogP contribution is 2.37. The van der Waals surface area contributed by atoms with Crippen molar-refractivity contribution in [3.63, 3.8) is 0 Å². The monoisotopic (exact) mass is 418 g/mol. The first-order valence-electron chi connectivity index (χ1n) is 9.93. The van der Waals surface area contributed by atoms with E-state index >= 15 is 0 Å². The van der Waals surface area contributed by atoms with Gasteiger partial charge in [0.1, 0.15) is 12.9 Å². The van der Waals surface area contributed by atoms with Gasteiger partial charge in [-0.2, -0.15) is 15.2 Å². The van der Waals surface area contributed by atoms with Gasteiger partial charge in [0.2, 0.25) is 5.89 Å². The summed E-state index contributed by atoms with van der Waals surface area (Å²) >= 11 is 0. The Labute approximate surface area is 174 Å². The van der Waals surface area contributed by atoms with Crippen molar-refractivity contribution in [3.8, 4) is 0 Å². The van der Waals surface area contributed by atoms with Gasteiger partial charge in [0, 0.05) is 16.9 Å². The molecule has 1 N–H and O–H groups in total. The van der Waals surface area contributed by atoms with E-state index in [9.17, 15) is 4.79 Å². The van der Waals surface area contributed by atoms with Gasteiger partial charge in [0.15, 0.2) is 11.3 Å². The lowest BCUT2D eigenvalue weighted by Crippen LogP contribution is -2.24. The molecule has 6 rings (SSSR count). The summed E-state index contributed by atoms with van der Waals surface area (Å²) < 4.78 is 14.2. The molecule has 0 bridgehead atoms. The molecule has 0 aliphatic carbocycles. The number of aromatic amines is 1. The Hall–Kier alpha value is -3.86. The molecule has 1 aliphatic rings. The number of rotatable bonds is 4. The van der Waals surface area contributed by atoms with Gasteiger partial charge in [0.25, 0.3) is 5.56 Å². The number of ether oxygens (including phenoxy) is 1. The lowest BCUT2D eigenvalue weighted by molar-refractivity contribution is 0.110. The van der Waals surface area contributed by atoms with Crippen LogP contribution in [-0.4, -0.2) is 46.3 Å². The smallest absolute Gasteiger partial charge is 0.280 e. The van der Waals surface area contributed by atoms with E-state index in [0.717, 1.165) is 28.5 Å². The van der Waals surface area contributed by atoms with Crippen molar-refractivity contribution in [1.82, 2.24) is 39.7 Å². The predicted octanol–water partition coefficient (Wildman–Crippen LogP) is 1.75.